The minimum Gasteiger partial charge on any atom is -0.456 e. The number of nitrogens with one attached hydrogen (secondary N) is 1. The fourth-order valence-electron chi connectivity index (χ4n) is 2.05. The minimum absolute atomic E-state index is 0.279. The Morgan fingerprint density at radius 3 is 2.62 bits per heavy atom. The first kappa shape index (κ1) is 11.7. The maximum Gasteiger partial charge on any atom is 0.377 e. The Hall–Kier alpha value is -0.750. The summed E-state index contributed by atoms with van der Waals surface area (Å²) in [5.74, 6) is -4.69. The maximum absolute atomic E-state index is 12.8. The van der Waals surface area contributed by atoms with Crippen molar-refractivity contribution in [2.45, 2.75) is 37.7 Å². The molecule has 1 N–H and O–H groups in total. The summed E-state index contributed by atoms with van der Waals surface area (Å²) in [5, 5.41) is 2.01. The van der Waals surface area contributed by atoms with Gasteiger partial charge in [-0.15, -0.1) is 0 Å². The number of hydrogen-bond donors (Lipinski definition) is 1. The summed E-state index contributed by atoms with van der Waals surface area (Å²) in [6.07, 6.45) is 2.24. The number of esters is 1. The van der Waals surface area contributed by atoms with Gasteiger partial charge in [0.25, 0.3) is 0 Å². The molecule has 0 spiro atoms. The van der Waals surface area contributed by atoms with E-state index in [0.717, 1.165) is 25.9 Å². The molecule has 2 aliphatic heterocycles. The Bertz CT molecular complexity index is 268. The van der Waals surface area contributed by atoms with Gasteiger partial charge in [-0.2, -0.15) is 8.78 Å². The van der Waals surface area contributed by atoms with Gasteiger partial charge in [-0.25, -0.2) is 9.80 Å². The van der Waals surface area contributed by atoms with E-state index in [4.69, 9.17) is 0 Å². The van der Waals surface area contributed by atoms with Gasteiger partial charge in [0.05, 0.1) is 6.42 Å². The first-order valence-corrected chi connectivity index (χ1v) is 5.65. The number of rotatable bonds is 3. The largest absolute Gasteiger partial charge is 0.456 e. The zero-order valence-electron chi connectivity index (χ0n) is 9.05. The zero-order chi connectivity index (χ0) is 11.6. The molecule has 0 radical (unpaired) electrons. The molecule has 2 fully saturated rings. The highest BCUT2D eigenvalue weighted by molar-refractivity contribution is 5.79. The van der Waals surface area contributed by atoms with Crippen LogP contribution >= 0.6 is 0 Å². The molecule has 92 valence electrons. The third kappa shape index (κ3) is 2.68. The molecule has 1 atom stereocenters. The molecule has 1 unspecified atom stereocenters. The summed E-state index contributed by atoms with van der Waals surface area (Å²) in [6, 6.07) is 0. The second kappa shape index (κ2) is 4.63. The number of halogens is 2. The van der Waals surface area contributed by atoms with Crippen molar-refractivity contribution in [3.8, 4) is 0 Å². The zero-order valence-corrected chi connectivity index (χ0v) is 9.05. The summed E-state index contributed by atoms with van der Waals surface area (Å²) in [5.41, 5.74) is 3.04. The Morgan fingerprint density at radius 2 is 2.06 bits per heavy atom. The summed E-state index contributed by atoms with van der Waals surface area (Å²) >= 11 is 0. The summed E-state index contributed by atoms with van der Waals surface area (Å²) in [7, 11) is 0. The van der Waals surface area contributed by atoms with E-state index in [1.807, 2.05) is 5.01 Å². The predicted octanol–water partition coefficient (Wildman–Crippen LogP) is 0.928. The van der Waals surface area contributed by atoms with E-state index in [1.54, 1.807) is 0 Å². The topological polar surface area (TPSA) is 41.6 Å². The highest BCUT2D eigenvalue weighted by Gasteiger charge is 2.50. The van der Waals surface area contributed by atoms with E-state index in [0.29, 0.717) is 0 Å². The van der Waals surface area contributed by atoms with Crippen molar-refractivity contribution < 1.29 is 18.3 Å². The molecule has 2 aliphatic rings. The third-order valence-corrected chi connectivity index (χ3v) is 2.96. The second-order valence-corrected chi connectivity index (χ2v) is 4.35. The molecule has 2 saturated heterocycles. The van der Waals surface area contributed by atoms with Crippen molar-refractivity contribution in [3.63, 3.8) is 0 Å². The fraction of sp³-hybridized carbons (Fsp3) is 0.900. The van der Waals surface area contributed by atoms with E-state index >= 15 is 0 Å². The molecule has 0 bridgehead atoms. The van der Waals surface area contributed by atoms with Crippen molar-refractivity contribution in [1.82, 2.24) is 10.4 Å². The number of hydrazine groups is 1. The molecular weight excluding hydrogens is 218 g/mol. The molecule has 0 saturated carbocycles. The van der Waals surface area contributed by atoms with Gasteiger partial charge in [0.1, 0.15) is 6.10 Å². The van der Waals surface area contributed by atoms with E-state index in [-0.39, 0.29) is 6.54 Å². The molecule has 4 nitrogen and oxygen atoms in total. The van der Waals surface area contributed by atoms with Gasteiger partial charge >= 0.3 is 11.9 Å². The first-order chi connectivity index (χ1) is 7.58. The van der Waals surface area contributed by atoms with Crippen molar-refractivity contribution in [1.29, 1.82) is 0 Å². The van der Waals surface area contributed by atoms with Gasteiger partial charge in [-0.05, 0) is 12.8 Å². The number of alkyl halides is 2. The lowest BCUT2D eigenvalue weighted by Crippen LogP contribution is -2.45. The highest BCUT2D eigenvalue weighted by atomic mass is 19.3. The van der Waals surface area contributed by atoms with Crippen LogP contribution < -0.4 is 5.43 Å². The SMILES string of the molecule is O=C1OC(CNN2CCCCC2)CC1(F)F. The monoisotopic (exact) mass is 234 g/mol. The van der Waals surface area contributed by atoms with E-state index in [1.165, 1.54) is 6.42 Å². The number of carbonyl (C=O) groups excluding carboxylic acids is 1. The number of carbonyl (C=O) groups is 1. The number of piperidine rings is 1. The van der Waals surface area contributed by atoms with Crippen LogP contribution in [0.25, 0.3) is 0 Å². The summed E-state index contributed by atoms with van der Waals surface area (Å²) < 4.78 is 30.3. The quantitative estimate of drug-likeness (QED) is 0.737. The van der Waals surface area contributed by atoms with Crippen LogP contribution in [0.3, 0.4) is 0 Å². The van der Waals surface area contributed by atoms with Crippen LogP contribution in [0.4, 0.5) is 8.78 Å². The molecular formula is C10H16F2N2O2. The van der Waals surface area contributed by atoms with Gasteiger partial charge in [0.15, 0.2) is 0 Å². The van der Waals surface area contributed by atoms with Crippen molar-refractivity contribution in [3.05, 3.63) is 0 Å². The lowest BCUT2D eigenvalue weighted by atomic mass is 10.1. The van der Waals surface area contributed by atoms with Crippen molar-refractivity contribution in [2.24, 2.45) is 0 Å². The molecule has 2 heterocycles. The van der Waals surface area contributed by atoms with Crippen molar-refractivity contribution >= 4 is 5.97 Å². The van der Waals surface area contributed by atoms with Crippen LogP contribution in [0.15, 0.2) is 0 Å². The van der Waals surface area contributed by atoms with E-state index < -0.39 is 24.4 Å². The van der Waals surface area contributed by atoms with Crippen LogP contribution in [-0.2, 0) is 9.53 Å². The number of hydrogen-bond acceptors (Lipinski definition) is 4. The normalized spacial score (nSPS) is 30.4. The highest BCUT2D eigenvalue weighted by Crippen LogP contribution is 2.30. The average Bonchev–Trinajstić information content (AvgIpc) is 2.52. The van der Waals surface area contributed by atoms with Gasteiger partial charge in [-0.3, -0.25) is 5.43 Å². The maximum atomic E-state index is 12.8. The van der Waals surface area contributed by atoms with Crippen LogP contribution in [-0.4, -0.2) is 42.6 Å². The minimum atomic E-state index is -3.30. The Balaban J connectivity index is 1.73. The second-order valence-electron chi connectivity index (χ2n) is 4.35. The van der Waals surface area contributed by atoms with Crippen LogP contribution in [0.5, 0.6) is 0 Å². The Labute approximate surface area is 92.9 Å². The van der Waals surface area contributed by atoms with Gasteiger partial charge in [0.2, 0.25) is 0 Å². The number of nitrogens with zero attached hydrogens (tertiary/aromatic N) is 1. The molecule has 0 aromatic heterocycles. The number of ether oxygens (including phenoxy) is 1. The standard InChI is InChI=1S/C10H16F2N2O2/c11-10(12)6-8(16-9(10)15)7-13-14-4-2-1-3-5-14/h8,13H,1-7H2. The fourth-order valence-corrected chi connectivity index (χ4v) is 2.05. The van der Waals surface area contributed by atoms with Gasteiger partial charge < -0.3 is 4.74 Å². The van der Waals surface area contributed by atoms with Crippen LogP contribution in [0.2, 0.25) is 0 Å². The van der Waals surface area contributed by atoms with E-state index in [2.05, 4.69) is 10.2 Å². The molecule has 16 heavy (non-hydrogen) atoms. The van der Waals surface area contributed by atoms with Crippen LogP contribution in [0, 0.1) is 0 Å². The molecule has 6 heteroatoms. The molecule has 0 aromatic carbocycles. The molecule has 0 aliphatic carbocycles. The predicted molar refractivity (Wildman–Crippen MR) is 52.9 cm³/mol. The number of cyclic esters (lactones) is 1. The first-order valence-electron chi connectivity index (χ1n) is 5.65. The summed E-state index contributed by atoms with van der Waals surface area (Å²) in [6.45, 7) is 2.13. The Morgan fingerprint density at radius 1 is 1.38 bits per heavy atom. The lowest BCUT2D eigenvalue weighted by molar-refractivity contribution is -0.159. The van der Waals surface area contributed by atoms with E-state index in [9.17, 15) is 13.6 Å². The summed E-state index contributed by atoms with van der Waals surface area (Å²) in [4.78, 5) is 10.7. The smallest absolute Gasteiger partial charge is 0.377 e. The average molecular weight is 234 g/mol. The third-order valence-electron chi connectivity index (χ3n) is 2.96. The molecule has 0 amide bonds. The molecule has 2 rings (SSSR count). The van der Waals surface area contributed by atoms with Gasteiger partial charge in [0, 0.05) is 19.6 Å². The molecule has 0 aromatic rings. The lowest BCUT2D eigenvalue weighted by Gasteiger charge is -2.27. The van der Waals surface area contributed by atoms with Crippen molar-refractivity contribution in [2.75, 3.05) is 19.6 Å². The van der Waals surface area contributed by atoms with Gasteiger partial charge in [-0.1, -0.05) is 6.42 Å². The Kier molecular flexibility index (Phi) is 3.39. The van der Waals surface area contributed by atoms with Crippen LogP contribution in [0.1, 0.15) is 25.7 Å².